The van der Waals surface area contributed by atoms with E-state index in [0.717, 1.165) is 12.4 Å². The molecule has 140 valence electrons. The molecule has 0 aliphatic rings. The van der Waals surface area contributed by atoms with Crippen molar-refractivity contribution in [1.82, 2.24) is 9.78 Å². The maximum atomic E-state index is 13.5. The van der Waals surface area contributed by atoms with E-state index in [1.54, 1.807) is 30.3 Å². The fourth-order valence-electron chi connectivity index (χ4n) is 2.36. The Labute approximate surface area is 157 Å². The summed E-state index contributed by atoms with van der Waals surface area (Å²) < 4.78 is 41.2. The third-order valence-electron chi connectivity index (χ3n) is 3.64. The first kappa shape index (κ1) is 18.8. The molecular formula is C19H11F3N4O2. The van der Waals surface area contributed by atoms with E-state index in [4.69, 9.17) is 5.26 Å². The molecule has 6 nitrogen and oxygen atoms in total. The second-order valence-corrected chi connectivity index (χ2v) is 5.50. The number of nitrogens with zero attached hydrogens (tertiary/aromatic N) is 4. The van der Waals surface area contributed by atoms with Crippen LogP contribution in [0, 0.1) is 11.3 Å². The maximum Gasteiger partial charge on any atom is 0.434 e. The third-order valence-corrected chi connectivity index (χ3v) is 3.64. The lowest BCUT2D eigenvalue weighted by atomic mass is 10.2. The molecule has 1 heterocycles. The van der Waals surface area contributed by atoms with Crippen LogP contribution in [0.2, 0.25) is 0 Å². The van der Waals surface area contributed by atoms with Gasteiger partial charge in [-0.1, -0.05) is 35.5 Å². The smallest absolute Gasteiger partial charge is 0.313 e. The summed E-state index contributed by atoms with van der Waals surface area (Å²) in [6.45, 7) is 0. The quantitative estimate of drug-likeness (QED) is 0.388. The zero-order chi connectivity index (χ0) is 20.1. The van der Waals surface area contributed by atoms with Crippen LogP contribution < -0.4 is 0 Å². The van der Waals surface area contributed by atoms with Crippen LogP contribution in [0.15, 0.2) is 65.9 Å². The summed E-state index contributed by atoms with van der Waals surface area (Å²) in [5.74, 6) is -1.29. The van der Waals surface area contributed by atoms with E-state index >= 15 is 0 Å². The molecule has 9 heteroatoms. The minimum atomic E-state index is -4.84. The first-order valence-corrected chi connectivity index (χ1v) is 7.85. The highest BCUT2D eigenvalue weighted by Crippen LogP contribution is 2.33. The topological polar surface area (TPSA) is 80.3 Å². The average Bonchev–Trinajstić information content (AvgIpc) is 3.15. The molecule has 0 bridgehead atoms. The van der Waals surface area contributed by atoms with E-state index in [2.05, 4.69) is 15.1 Å². The van der Waals surface area contributed by atoms with Crippen molar-refractivity contribution >= 4 is 12.2 Å². The van der Waals surface area contributed by atoms with Crippen LogP contribution in [0.5, 0.6) is 0 Å². The summed E-state index contributed by atoms with van der Waals surface area (Å²) in [6, 6.07) is 15.7. The number of para-hydroxylation sites is 1. The molecule has 0 N–H and O–H groups in total. The summed E-state index contributed by atoms with van der Waals surface area (Å²) in [5.41, 5.74) is -0.930. The van der Waals surface area contributed by atoms with Gasteiger partial charge < -0.3 is 4.84 Å². The Bertz CT molecular complexity index is 1050. The Morgan fingerprint density at radius 2 is 1.82 bits per heavy atom. The largest absolute Gasteiger partial charge is 0.434 e. The monoisotopic (exact) mass is 384 g/mol. The van der Waals surface area contributed by atoms with Crippen LogP contribution in [0.4, 0.5) is 13.2 Å². The highest BCUT2D eigenvalue weighted by molar-refractivity contribution is 5.91. The molecule has 28 heavy (non-hydrogen) atoms. The first-order chi connectivity index (χ1) is 13.4. The van der Waals surface area contributed by atoms with Crippen LogP contribution in [0.3, 0.4) is 0 Å². The van der Waals surface area contributed by atoms with Crippen molar-refractivity contribution in [1.29, 1.82) is 5.26 Å². The van der Waals surface area contributed by atoms with Gasteiger partial charge in [0.25, 0.3) is 0 Å². The minimum Gasteiger partial charge on any atom is -0.313 e. The van der Waals surface area contributed by atoms with Crippen LogP contribution in [-0.2, 0) is 11.0 Å². The molecule has 0 spiro atoms. The van der Waals surface area contributed by atoms with Crippen molar-refractivity contribution in [2.75, 3.05) is 0 Å². The fraction of sp³-hybridized carbons (Fsp3) is 0.0526. The second kappa shape index (κ2) is 7.75. The summed E-state index contributed by atoms with van der Waals surface area (Å²) in [6.07, 6.45) is -2.90. The van der Waals surface area contributed by atoms with E-state index in [0.29, 0.717) is 15.8 Å². The summed E-state index contributed by atoms with van der Waals surface area (Å²) in [7, 11) is 0. The molecule has 0 amide bonds. The Morgan fingerprint density at radius 3 is 2.43 bits per heavy atom. The Balaban J connectivity index is 1.84. The molecule has 0 saturated carbocycles. The molecule has 3 rings (SSSR count). The number of rotatable bonds is 4. The predicted octanol–water partition coefficient (Wildman–Crippen LogP) is 3.95. The Hall–Kier alpha value is -3.93. The number of hydrogen-bond acceptors (Lipinski definition) is 5. The minimum absolute atomic E-state index is 0.148. The highest BCUT2D eigenvalue weighted by atomic mass is 19.4. The lowest BCUT2D eigenvalue weighted by molar-refractivity contribution is -0.143. The summed E-state index contributed by atoms with van der Waals surface area (Å²) in [5, 5.41) is 15.8. The number of aromatic nitrogens is 2. The molecule has 3 aromatic rings. The van der Waals surface area contributed by atoms with E-state index < -0.39 is 23.4 Å². The molecular weight excluding hydrogens is 373 g/mol. The number of halogens is 3. The fourth-order valence-corrected chi connectivity index (χ4v) is 2.36. The predicted molar refractivity (Wildman–Crippen MR) is 92.7 cm³/mol. The number of hydrogen-bond donors (Lipinski definition) is 0. The second-order valence-electron chi connectivity index (χ2n) is 5.50. The van der Waals surface area contributed by atoms with E-state index in [1.165, 1.54) is 24.3 Å². The van der Waals surface area contributed by atoms with Gasteiger partial charge in [-0.25, -0.2) is 9.48 Å². The van der Waals surface area contributed by atoms with E-state index in [9.17, 15) is 18.0 Å². The van der Waals surface area contributed by atoms with Gasteiger partial charge >= 0.3 is 12.1 Å². The molecule has 0 aliphatic heterocycles. The zero-order valence-electron chi connectivity index (χ0n) is 14.1. The van der Waals surface area contributed by atoms with Crippen LogP contribution in [-0.4, -0.2) is 22.0 Å². The standard InChI is InChI=1S/C19H11F3N4O2/c20-19(21,22)17-16(12-24-26(17)15-4-2-1-3-5-15)18(27)28-25-11-14-8-6-13(10-23)7-9-14/h1-9,11-12H/b25-11-. The van der Waals surface area contributed by atoms with Crippen molar-refractivity contribution in [3.63, 3.8) is 0 Å². The molecule has 1 aromatic heterocycles. The van der Waals surface area contributed by atoms with Gasteiger partial charge in [0.15, 0.2) is 5.69 Å². The normalized spacial score (nSPS) is 11.4. The third kappa shape index (κ3) is 4.07. The van der Waals surface area contributed by atoms with Crippen molar-refractivity contribution in [3.05, 3.63) is 83.2 Å². The molecule has 0 atom stereocenters. The van der Waals surface area contributed by atoms with Gasteiger partial charge in [-0.05, 0) is 29.8 Å². The summed E-state index contributed by atoms with van der Waals surface area (Å²) in [4.78, 5) is 16.7. The van der Waals surface area contributed by atoms with Crippen molar-refractivity contribution in [2.45, 2.75) is 6.18 Å². The average molecular weight is 384 g/mol. The van der Waals surface area contributed by atoms with Crippen molar-refractivity contribution in [3.8, 4) is 11.8 Å². The number of benzene rings is 2. The van der Waals surface area contributed by atoms with Gasteiger partial charge in [0.05, 0.1) is 29.7 Å². The number of carbonyl (C=O) groups excluding carboxylic acids is 1. The molecule has 0 aliphatic carbocycles. The summed E-state index contributed by atoms with van der Waals surface area (Å²) >= 11 is 0. The SMILES string of the molecule is N#Cc1ccc(/C=N\OC(=O)c2cnn(-c3ccccc3)c2C(F)(F)F)cc1. The van der Waals surface area contributed by atoms with Gasteiger partial charge in [-0.15, -0.1) is 0 Å². The molecule has 0 fully saturated rings. The van der Waals surface area contributed by atoms with E-state index in [-0.39, 0.29) is 5.69 Å². The molecule has 2 aromatic carbocycles. The van der Waals surface area contributed by atoms with Gasteiger partial charge in [0.1, 0.15) is 5.56 Å². The Kier molecular flexibility index (Phi) is 5.22. The van der Waals surface area contributed by atoms with Gasteiger partial charge in [-0.3, -0.25) is 0 Å². The lowest BCUT2D eigenvalue weighted by Gasteiger charge is -2.11. The Morgan fingerprint density at radius 1 is 1.14 bits per heavy atom. The highest BCUT2D eigenvalue weighted by Gasteiger charge is 2.41. The molecule has 0 unspecified atom stereocenters. The van der Waals surface area contributed by atoms with Gasteiger partial charge in [0, 0.05) is 0 Å². The van der Waals surface area contributed by atoms with Crippen LogP contribution in [0.1, 0.15) is 27.2 Å². The molecule has 0 radical (unpaired) electrons. The molecule has 0 saturated heterocycles. The van der Waals surface area contributed by atoms with Gasteiger partial charge in [-0.2, -0.15) is 23.5 Å². The lowest BCUT2D eigenvalue weighted by Crippen LogP contribution is -2.17. The number of carbonyl (C=O) groups is 1. The van der Waals surface area contributed by atoms with Crippen LogP contribution in [0.25, 0.3) is 5.69 Å². The number of oxime groups is 1. The van der Waals surface area contributed by atoms with Crippen molar-refractivity contribution in [2.24, 2.45) is 5.16 Å². The maximum absolute atomic E-state index is 13.5. The number of nitriles is 1. The van der Waals surface area contributed by atoms with Crippen molar-refractivity contribution < 1.29 is 22.8 Å². The van der Waals surface area contributed by atoms with Crippen LogP contribution >= 0.6 is 0 Å². The first-order valence-electron chi connectivity index (χ1n) is 7.85. The van der Waals surface area contributed by atoms with Gasteiger partial charge in [0.2, 0.25) is 0 Å². The number of alkyl halides is 3. The zero-order valence-corrected chi connectivity index (χ0v) is 14.1. The van der Waals surface area contributed by atoms with E-state index in [1.807, 2.05) is 6.07 Å².